The summed E-state index contributed by atoms with van der Waals surface area (Å²) in [5.41, 5.74) is 0. The molecule has 7 nitrogen and oxygen atoms in total. The van der Waals surface area contributed by atoms with Crippen molar-refractivity contribution in [3.8, 4) is 0 Å². The summed E-state index contributed by atoms with van der Waals surface area (Å²) in [7, 11) is -3.76. The highest BCUT2D eigenvalue weighted by molar-refractivity contribution is 7.89. The van der Waals surface area contributed by atoms with Gasteiger partial charge >= 0.3 is 0 Å². The van der Waals surface area contributed by atoms with Gasteiger partial charge in [-0.15, -0.1) is 0 Å². The van der Waals surface area contributed by atoms with Crippen LogP contribution in [0.1, 0.15) is 31.5 Å². The lowest BCUT2D eigenvalue weighted by Crippen LogP contribution is -2.32. The van der Waals surface area contributed by atoms with E-state index in [2.05, 4.69) is 24.9 Å². The molecule has 0 amide bonds. The van der Waals surface area contributed by atoms with E-state index >= 15 is 0 Å². The van der Waals surface area contributed by atoms with E-state index in [0.717, 1.165) is 0 Å². The van der Waals surface area contributed by atoms with Gasteiger partial charge in [-0.25, -0.2) is 18.1 Å². The fourth-order valence-corrected chi connectivity index (χ4v) is 3.33. The van der Waals surface area contributed by atoms with Gasteiger partial charge in [-0.05, 0) is 18.9 Å². The van der Waals surface area contributed by atoms with Crippen molar-refractivity contribution in [3.63, 3.8) is 0 Å². The second-order valence-electron chi connectivity index (χ2n) is 4.96. The first-order valence-corrected chi connectivity index (χ1v) is 8.17. The van der Waals surface area contributed by atoms with Crippen molar-refractivity contribution in [2.24, 2.45) is 5.92 Å². The van der Waals surface area contributed by atoms with Crippen molar-refractivity contribution in [2.45, 2.75) is 31.7 Å². The van der Waals surface area contributed by atoms with Crippen LogP contribution < -0.4 is 4.72 Å². The molecule has 0 fully saturated rings. The summed E-state index contributed by atoms with van der Waals surface area (Å²) in [6, 6.07) is 0.802. The number of rotatable bonds is 5. The van der Waals surface area contributed by atoms with E-state index in [-0.39, 0.29) is 15.8 Å². The van der Waals surface area contributed by atoms with Crippen LogP contribution >= 0.6 is 11.6 Å². The molecule has 0 aliphatic carbocycles. The van der Waals surface area contributed by atoms with Crippen LogP contribution in [0.2, 0.25) is 5.02 Å². The molecule has 9 heteroatoms. The molecule has 21 heavy (non-hydrogen) atoms. The van der Waals surface area contributed by atoms with Gasteiger partial charge in [0.25, 0.3) is 0 Å². The van der Waals surface area contributed by atoms with Gasteiger partial charge in [0, 0.05) is 12.4 Å². The third kappa shape index (κ3) is 3.78. The first-order chi connectivity index (χ1) is 9.79. The van der Waals surface area contributed by atoms with Crippen LogP contribution in [0.25, 0.3) is 0 Å². The van der Waals surface area contributed by atoms with Gasteiger partial charge in [0.05, 0.1) is 11.1 Å². The number of hydrogen-bond acceptors (Lipinski definition) is 5. The van der Waals surface area contributed by atoms with Gasteiger partial charge in [-0.1, -0.05) is 25.4 Å². The van der Waals surface area contributed by atoms with Gasteiger partial charge < -0.3 is 0 Å². The van der Waals surface area contributed by atoms with Gasteiger partial charge in [0.2, 0.25) is 10.0 Å². The molecule has 0 radical (unpaired) electrons. The van der Waals surface area contributed by atoms with E-state index in [0.29, 0.717) is 11.6 Å². The Kier molecular flexibility index (Phi) is 4.60. The molecule has 0 aliphatic rings. The number of sulfonamides is 1. The van der Waals surface area contributed by atoms with E-state index in [1.807, 2.05) is 13.8 Å². The predicted octanol–water partition coefficient (Wildman–Crippen LogP) is 1.84. The highest BCUT2D eigenvalue weighted by Crippen LogP contribution is 2.22. The van der Waals surface area contributed by atoms with Gasteiger partial charge in [0.15, 0.2) is 5.82 Å². The van der Waals surface area contributed by atoms with Crippen molar-refractivity contribution < 1.29 is 8.42 Å². The van der Waals surface area contributed by atoms with Crippen LogP contribution in [0.5, 0.6) is 0 Å². The maximum atomic E-state index is 12.4. The molecule has 0 aromatic carbocycles. The molecule has 1 atom stereocenters. The summed E-state index contributed by atoms with van der Waals surface area (Å²) < 4.78 is 27.4. The zero-order chi connectivity index (χ0) is 15.6. The third-order valence-corrected chi connectivity index (χ3v) is 4.45. The van der Waals surface area contributed by atoms with Gasteiger partial charge in [-0.3, -0.25) is 10.1 Å². The van der Waals surface area contributed by atoms with Crippen LogP contribution in [0, 0.1) is 12.8 Å². The monoisotopic (exact) mass is 329 g/mol. The molecular weight excluding hydrogens is 314 g/mol. The molecule has 0 spiro atoms. The summed E-state index contributed by atoms with van der Waals surface area (Å²) in [6.45, 7) is 5.52. The van der Waals surface area contributed by atoms with Crippen molar-refractivity contribution >= 4 is 21.6 Å². The second kappa shape index (κ2) is 6.08. The Hall–Kier alpha value is -1.51. The lowest BCUT2D eigenvalue weighted by atomic mass is 10.1. The zero-order valence-electron chi connectivity index (χ0n) is 11.8. The van der Waals surface area contributed by atoms with Crippen LogP contribution in [0.4, 0.5) is 0 Å². The Bertz CT molecular complexity index is 729. The lowest BCUT2D eigenvalue weighted by Gasteiger charge is -2.19. The van der Waals surface area contributed by atoms with Gasteiger partial charge in [-0.2, -0.15) is 5.10 Å². The normalized spacial score (nSPS) is 13.6. The van der Waals surface area contributed by atoms with Crippen LogP contribution in [0.15, 0.2) is 23.4 Å². The maximum absolute atomic E-state index is 12.4. The highest BCUT2D eigenvalue weighted by atomic mass is 35.5. The summed E-state index contributed by atoms with van der Waals surface area (Å²) in [5, 5.41) is 6.99. The lowest BCUT2D eigenvalue weighted by molar-refractivity contribution is 0.445. The molecule has 2 aromatic heterocycles. The quantitative estimate of drug-likeness (QED) is 0.871. The molecule has 0 saturated carbocycles. The van der Waals surface area contributed by atoms with Crippen molar-refractivity contribution in [1.82, 2.24) is 24.9 Å². The van der Waals surface area contributed by atoms with E-state index in [4.69, 9.17) is 11.6 Å². The average molecular weight is 330 g/mol. The minimum absolute atomic E-state index is 0.00732. The summed E-state index contributed by atoms with van der Waals surface area (Å²) in [5.74, 6) is 1.00. The largest absolute Gasteiger partial charge is 0.263 e. The Morgan fingerprint density at radius 3 is 2.57 bits per heavy atom. The fourth-order valence-electron chi connectivity index (χ4n) is 1.76. The molecule has 2 rings (SSSR count). The van der Waals surface area contributed by atoms with Crippen LogP contribution in [-0.4, -0.2) is 28.6 Å². The molecule has 0 saturated heterocycles. The molecule has 2 heterocycles. The van der Waals surface area contributed by atoms with E-state index in [9.17, 15) is 8.42 Å². The van der Waals surface area contributed by atoms with E-state index in [1.165, 1.54) is 18.5 Å². The summed E-state index contributed by atoms with van der Waals surface area (Å²) in [6.07, 6.45) is 2.62. The third-order valence-electron chi connectivity index (χ3n) is 2.83. The fraction of sp³-hybridized carbons (Fsp3) is 0.417. The number of nitrogens with zero attached hydrogens (tertiary/aromatic N) is 3. The molecule has 0 bridgehead atoms. The van der Waals surface area contributed by atoms with Crippen LogP contribution in [0.3, 0.4) is 0 Å². The average Bonchev–Trinajstić information content (AvgIpc) is 2.82. The molecular formula is C12H16ClN5O2S. The number of pyridine rings is 1. The number of hydrogen-bond donors (Lipinski definition) is 2. The summed E-state index contributed by atoms with van der Waals surface area (Å²) >= 11 is 5.79. The Labute approximate surface area is 128 Å². The number of H-pyrrole nitrogens is 1. The Balaban J connectivity index is 2.32. The number of aromatic nitrogens is 4. The smallest absolute Gasteiger partial charge is 0.242 e. The van der Waals surface area contributed by atoms with E-state index < -0.39 is 16.1 Å². The van der Waals surface area contributed by atoms with Crippen LogP contribution in [-0.2, 0) is 10.0 Å². The number of halogens is 1. The molecule has 2 aromatic rings. The number of nitrogens with one attached hydrogen (secondary N) is 2. The molecule has 0 aliphatic heterocycles. The first kappa shape index (κ1) is 15.9. The van der Waals surface area contributed by atoms with Gasteiger partial charge in [0.1, 0.15) is 10.7 Å². The number of aromatic amines is 1. The number of aryl methyl sites for hydroxylation is 1. The van der Waals surface area contributed by atoms with Crippen molar-refractivity contribution in [2.75, 3.05) is 0 Å². The zero-order valence-corrected chi connectivity index (χ0v) is 13.4. The highest BCUT2D eigenvalue weighted by Gasteiger charge is 2.27. The molecule has 2 N–H and O–H groups in total. The minimum Gasteiger partial charge on any atom is -0.263 e. The van der Waals surface area contributed by atoms with Crippen molar-refractivity contribution in [1.29, 1.82) is 0 Å². The van der Waals surface area contributed by atoms with Crippen molar-refractivity contribution in [3.05, 3.63) is 35.1 Å². The van der Waals surface area contributed by atoms with E-state index in [1.54, 1.807) is 6.92 Å². The Morgan fingerprint density at radius 2 is 2.05 bits per heavy atom. The minimum atomic E-state index is -3.76. The standard InChI is InChI=1S/C12H16ClN5O2S/c1-7(2)11(12-15-8(3)16-17-12)18-21(19,20)10-4-9(13)5-14-6-10/h4-7,11,18H,1-3H3,(H,15,16,17)/t11-/m0/s1. The maximum Gasteiger partial charge on any atom is 0.242 e. The first-order valence-electron chi connectivity index (χ1n) is 6.31. The topological polar surface area (TPSA) is 101 Å². The second-order valence-corrected chi connectivity index (χ2v) is 7.11. The summed E-state index contributed by atoms with van der Waals surface area (Å²) in [4.78, 5) is 7.99. The Morgan fingerprint density at radius 1 is 1.33 bits per heavy atom. The SMILES string of the molecule is Cc1nc([C@@H](NS(=O)(=O)c2cncc(Cl)c2)C(C)C)n[nH]1. The predicted molar refractivity (Wildman–Crippen MR) is 78.3 cm³/mol. The molecule has 114 valence electrons. The molecule has 0 unspecified atom stereocenters.